The predicted molar refractivity (Wildman–Crippen MR) is 88.5 cm³/mol. The smallest absolute Gasteiger partial charge is 0.224 e. The Morgan fingerprint density at radius 2 is 1.90 bits per heavy atom. The molecule has 0 spiro atoms. The molecule has 1 unspecified atom stereocenters. The third-order valence-corrected chi connectivity index (χ3v) is 4.79. The maximum absolute atomic E-state index is 4.70. The van der Waals surface area contributed by atoms with Crippen LogP contribution in [0.5, 0.6) is 0 Å². The van der Waals surface area contributed by atoms with Gasteiger partial charge in [0.25, 0.3) is 0 Å². The fraction of sp³-hybridized carbons (Fsp3) is 0.500. The van der Waals surface area contributed by atoms with E-state index in [9.17, 15) is 0 Å². The second kappa shape index (κ2) is 6.93. The lowest BCUT2D eigenvalue weighted by molar-refractivity contribution is 0.641. The molecule has 0 amide bonds. The van der Waals surface area contributed by atoms with Crippen molar-refractivity contribution in [1.29, 1.82) is 0 Å². The molecule has 0 aliphatic carbocycles. The lowest BCUT2D eigenvalue weighted by Crippen LogP contribution is -2.08. The number of hydrogen-bond donors (Lipinski definition) is 1. The molecule has 1 aromatic carbocycles. The summed E-state index contributed by atoms with van der Waals surface area (Å²) in [7, 11) is 0. The Balaban J connectivity index is 2.38. The largest absolute Gasteiger partial charge is 0.354 e. The van der Waals surface area contributed by atoms with E-state index in [2.05, 4.69) is 56.2 Å². The van der Waals surface area contributed by atoms with Gasteiger partial charge in [0, 0.05) is 17.2 Å². The van der Waals surface area contributed by atoms with Crippen LogP contribution in [0.3, 0.4) is 0 Å². The Kier molecular flexibility index (Phi) is 5.24. The molecule has 0 aliphatic heterocycles. The molecule has 2 aromatic rings. The van der Waals surface area contributed by atoms with E-state index in [1.54, 1.807) is 0 Å². The summed E-state index contributed by atoms with van der Waals surface area (Å²) < 4.78 is 0. The normalized spacial score (nSPS) is 12.8. The van der Waals surface area contributed by atoms with E-state index in [4.69, 9.17) is 4.98 Å². The van der Waals surface area contributed by atoms with Crippen molar-refractivity contribution in [2.75, 3.05) is 11.9 Å². The molecule has 0 bridgehead atoms. The topological polar surface area (TPSA) is 37.8 Å². The average molecular weight is 289 g/mol. The Morgan fingerprint density at radius 1 is 1.15 bits per heavy atom. The Morgan fingerprint density at radius 3 is 2.60 bits per heavy atom. The highest BCUT2D eigenvalue weighted by Crippen LogP contribution is 2.32. The Hall–Kier alpha value is -1.29. The van der Waals surface area contributed by atoms with E-state index in [1.807, 2.05) is 17.8 Å². The van der Waals surface area contributed by atoms with E-state index in [0.717, 1.165) is 34.8 Å². The van der Waals surface area contributed by atoms with Crippen molar-refractivity contribution in [2.24, 2.45) is 5.92 Å². The molecule has 4 heteroatoms. The van der Waals surface area contributed by atoms with E-state index in [1.165, 1.54) is 0 Å². The number of fused-ring (bicyclic) bond motifs is 1. The van der Waals surface area contributed by atoms with Gasteiger partial charge in [-0.25, -0.2) is 9.97 Å². The number of hydrogen-bond acceptors (Lipinski definition) is 4. The molecule has 0 fully saturated rings. The number of para-hydroxylation sites is 1. The first-order valence-corrected chi connectivity index (χ1v) is 8.17. The zero-order chi connectivity index (χ0) is 14.5. The molecular formula is C16H23N3S. The van der Waals surface area contributed by atoms with Gasteiger partial charge in [-0.1, -0.05) is 45.9 Å². The van der Waals surface area contributed by atoms with Crippen molar-refractivity contribution in [2.45, 2.75) is 44.4 Å². The predicted octanol–water partition coefficient (Wildman–Crippen LogP) is 4.59. The summed E-state index contributed by atoms with van der Waals surface area (Å²) in [5.74, 6) is 1.37. The number of benzene rings is 1. The monoisotopic (exact) mass is 289 g/mol. The second-order valence-corrected chi connectivity index (χ2v) is 6.73. The van der Waals surface area contributed by atoms with Crippen molar-refractivity contribution in [3.05, 3.63) is 24.3 Å². The first-order chi connectivity index (χ1) is 9.61. The van der Waals surface area contributed by atoms with Crippen LogP contribution in [0.4, 0.5) is 5.95 Å². The average Bonchev–Trinajstić information content (AvgIpc) is 2.45. The number of thioether (sulfide) groups is 1. The summed E-state index contributed by atoms with van der Waals surface area (Å²) in [5.41, 5.74) is 1.01. The Labute approximate surface area is 125 Å². The maximum atomic E-state index is 4.70. The van der Waals surface area contributed by atoms with E-state index >= 15 is 0 Å². The van der Waals surface area contributed by atoms with Gasteiger partial charge in [-0.3, -0.25) is 0 Å². The van der Waals surface area contributed by atoms with Crippen LogP contribution >= 0.6 is 11.8 Å². The molecular weight excluding hydrogens is 266 g/mol. The summed E-state index contributed by atoms with van der Waals surface area (Å²) in [6.45, 7) is 9.80. The minimum Gasteiger partial charge on any atom is -0.354 e. The molecule has 3 nitrogen and oxygen atoms in total. The van der Waals surface area contributed by atoms with Crippen molar-refractivity contribution < 1.29 is 0 Å². The minimum atomic E-state index is 0.535. The van der Waals surface area contributed by atoms with Crippen molar-refractivity contribution in [3.8, 4) is 0 Å². The minimum absolute atomic E-state index is 0.535. The van der Waals surface area contributed by atoms with Crippen molar-refractivity contribution in [3.63, 3.8) is 0 Å². The Bertz CT molecular complexity index is 569. The van der Waals surface area contributed by atoms with Gasteiger partial charge in [0.2, 0.25) is 5.95 Å². The zero-order valence-electron chi connectivity index (χ0n) is 12.7. The van der Waals surface area contributed by atoms with Gasteiger partial charge >= 0.3 is 0 Å². The van der Waals surface area contributed by atoms with Crippen LogP contribution in [0, 0.1) is 5.92 Å². The van der Waals surface area contributed by atoms with Crippen LogP contribution in [0.2, 0.25) is 0 Å². The highest BCUT2D eigenvalue weighted by Gasteiger charge is 2.14. The van der Waals surface area contributed by atoms with Gasteiger partial charge in [-0.2, -0.15) is 0 Å². The second-order valence-electron chi connectivity index (χ2n) is 5.36. The fourth-order valence-electron chi connectivity index (χ4n) is 1.77. The van der Waals surface area contributed by atoms with Gasteiger partial charge in [0.15, 0.2) is 0 Å². The third-order valence-electron chi connectivity index (χ3n) is 3.34. The van der Waals surface area contributed by atoms with Crippen LogP contribution in [-0.2, 0) is 0 Å². The lowest BCUT2D eigenvalue weighted by Gasteiger charge is -2.16. The highest BCUT2D eigenvalue weighted by molar-refractivity contribution is 8.00. The van der Waals surface area contributed by atoms with E-state index in [-0.39, 0.29) is 0 Å². The molecule has 20 heavy (non-hydrogen) atoms. The fourth-order valence-corrected chi connectivity index (χ4v) is 2.83. The summed E-state index contributed by atoms with van der Waals surface area (Å²) in [4.78, 5) is 9.29. The molecule has 0 radical (unpaired) electrons. The molecule has 1 N–H and O–H groups in total. The summed E-state index contributed by atoms with van der Waals surface area (Å²) >= 11 is 1.84. The maximum Gasteiger partial charge on any atom is 0.224 e. The van der Waals surface area contributed by atoms with Crippen molar-refractivity contribution in [1.82, 2.24) is 9.97 Å². The number of nitrogens with zero attached hydrogens (tertiary/aromatic N) is 2. The van der Waals surface area contributed by atoms with Crippen LogP contribution < -0.4 is 5.32 Å². The zero-order valence-corrected chi connectivity index (χ0v) is 13.5. The van der Waals surface area contributed by atoms with Crippen LogP contribution in [0.15, 0.2) is 29.3 Å². The first kappa shape index (κ1) is 15.1. The van der Waals surface area contributed by atoms with Crippen LogP contribution in [0.1, 0.15) is 34.1 Å². The van der Waals surface area contributed by atoms with Gasteiger partial charge in [-0.05, 0) is 18.4 Å². The molecule has 1 aromatic heterocycles. The molecule has 0 aliphatic rings. The number of rotatable bonds is 6. The van der Waals surface area contributed by atoms with Gasteiger partial charge in [0.1, 0.15) is 5.03 Å². The number of nitrogens with one attached hydrogen (secondary N) is 1. The molecule has 0 saturated heterocycles. The van der Waals surface area contributed by atoms with Crippen LogP contribution in [-0.4, -0.2) is 21.8 Å². The van der Waals surface area contributed by atoms with Gasteiger partial charge in [-0.15, -0.1) is 11.8 Å². The quantitative estimate of drug-likeness (QED) is 0.623. The molecule has 1 atom stereocenters. The SMILES string of the molecule is CCCNc1nc(SC(C)C(C)C)c2ccccc2n1. The van der Waals surface area contributed by atoms with E-state index < -0.39 is 0 Å². The lowest BCUT2D eigenvalue weighted by atomic mass is 10.2. The van der Waals surface area contributed by atoms with Crippen LogP contribution in [0.25, 0.3) is 10.9 Å². The highest BCUT2D eigenvalue weighted by atomic mass is 32.2. The first-order valence-electron chi connectivity index (χ1n) is 7.29. The van der Waals surface area contributed by atoms with Gasteiger partial charge in [0.05, 0.1) is 5.52 Å². The molecule has 108 valence electrons. The summed E-state index contributed by atoms with van der Waals surface area (Å²) in [6.07, 6.45) is 1.07. The summed E-state index contributed by atoms with van der Waals surface area (Å²) in [5, 5.41) is 6.05. The summed E-state index contributed by atoms with van der Waals surface area (Å²) in [6, 6.07) is 8.24. The molecule has 1 heterocycles. The standard InChI is InChI=1S/C16H23N3S/c1-5-10-17-16-18-14-9-7-6-8-13(14)15(19-16)20-12(4)11(2)3/h6-9,11-12H,5,10H2,1-4H3,(H,17,18,19). The molecule has 2 rings (SSSR count). The number of aromatic nitrogens is 2. The van der Waals surface area contributed by atoms with E-state index in [0.29, 0.717) is 11.2 Å². The number of anilines is 1. The third kappa shape index (κ3) is 3.63. The van der Waals surface area contributed by atoms with Crippen molar-refractivity contribution >= 4 is 28.6 Å². The molecule has 0 saturated carbocycles. The van der Waals surface area contributed by atoms with Gasteiger partial charge < -0.3 is 5.32 Å².